The Labute approximate surface area is 120 Å². The first-order valence-electron chi connectivity index (χ1n) is 5.76. The summed E-state index contributed by atoms with van der Waals surface area (Å²) in [6.07, 6.45) is 0. The minimum atomic E-state index is -3.93. The molecule has 3 N–H and O–H groups in total. The topological polar surface area (TPSA) is 85.1 Å². The molecule has 0 spiro atoms. The summed E-state index contributed by atoms with van der Waals surface area (Å²) in [7, 11) is -3.93. The van der Waals surface area contributed by atoms with Gasteiger partial charge in [0.05, 0.1) is 17.1 Å². The first-order valence-corrected chi connectivity index (χ1v) is 8.12. The largest absolute Gasteiger partial charge is 0.378 e. The molecule has 0 radical (unpaired) electrons. The third-order valence-electron chi connectivity index (χ3n) is 2.72. The van der Waals surface area contributed by atoms with E-state index in [2.05, 4.69) is 10.3 Å². The smallest absolute Gasteiger partial charge is 0.238 e. The predicted molar refractivity (Wildman–Crippen MR) is 76.7 cm³/mol. The maximum absolute atomic E-state index is 13.4. The van der Waals surface area contributed by atoms with Crippen LogP contribution < -0.4 is 10.5 Å². The van der Waals surface area contributed by atoms with Gasteiger partial charge >= 0.3 is 0 Å². The van der Waals surface area contributed by atoms with E-state index in [0.717, 1.165) is 21.6 Å². The number of primary sulfonamides is 1. The Morgan fingerprint density at radius 1 is 1.35 bits per heavy atom. The molecule has 2 rings (SSSR count). The molecule has 1 aromatic carbocycles. The zero-order valence-electron chi connectivity index (χ0n) is 11.0. The van der Waals surface area contributed by atoms with Gasteiger partial charge in [0.15, 0.2) is 0 Å². The Kier molecular flexibility index (Phi) is 4.07. The van der Waals surface area contributed by atoms with Crippen molar-refractivity contribution in [1.29, 1.82) is 0 Å². The second kappa shape index (κ2) is 5.47. The normalized spacial score (nSPS) is 11.6. The number of rotatable bonds is 4. The summed E-state index contributed by atoms with van der Waals surface area (Å²) >= 11 is 1.54. The number of nitrogens with two attached hydrogens (primary N) is 1. The van der Waals surface area contributed by atoms with E-state index in [9.17, 15) is 12.8 Å². The highest BCUT2D eigenvalue weighted by atomic mass is 32.2. The number of aromatic nitrogens is 1. The number of nitrogens with one attached hydrogen (secondary N) is 1. The first kappa shape index (κ1) is 14.9. The molecule has 0 aliphatic rings. The Bertz CT molecular complexity index is 722. The maximum Gasteiger partial charge on any atom is 0.238 e. The van der Waals surface area contributed by atoms with E-state index in [1.165, 1.54) is 23.5 Å². The molecule has 1 heterocycles. The molecule has 0 saturated carbocycles. The van der Waals surface area contributed by atoms with Crippen LogP contribution in [0, 0.1) is 19.7 Å². The molecule has 0 aliphatic heterocycles. The average molecular weight is 315 g/mol. The van der Waals surface area contributed by atoms with E-state index in [-0.39, 0.29) is 4.90 Å². The second-order valence-corrected chi connectivity index (χ2v) is 7.17. The van der Waals surface area contributed by atoms with Gasteiger partial charge in [-0.25, -0.2) is 22.9 Å². The fourth-order valence-electron chi connectivity index (χ4n) is 1.62. The molecule has 0 atom stereocenters. The number of aryl methyl sites for hydroxylation is 2. The zero-order valence-corrected chi connectivity index (χ0v) is 12.6. The number of hydrogen-bond donors (Lipinski definition) is 2. The number of sulfonamides is 1. The summed E-state index contributed by atoms with van der Waals surface area (Å²) in [5.41, 5.74) is 1.30. The molecule has 0 bridgehead atoms. The van der Waals surface area contributed by atoms with E-state index in [4.69, 9.17) is 5.14 Å². The highest BCUT2D eigenvalue weighted by Gasteiger charge is 2.11. The van der Waals surface area contributed by atoms with Crippen molar-refractivity contribution in [1.82, 2.24) is 4.98 Å². The zero-order chi connectivity index (χ0) is 14.9. The maximum atomic E-state index is 13.4. The van der Waals surface area contributed by atoms with Crippen LogP contribution in [0.1, 0.15) is 15.6 Å². The van der Waals surface area contributed by atoms with Gasteiger partial charge in [0, 0.05) is 10.6 Å². The van der Waals surface area contributed by atoms with Crippen LogP contribution >= 0.6 is 11.3 Å². The Morgan fingerprint density at radius 2 is 2.05 bits per heavy atom. The van der Waals surface area contributed by atoms with Crippen molar-refractivity contribution >= 4 is 27.0 Å². The van der Waals surface area contributed by atoms with Crippen molar-refractivity contribution in [2.45, 2.75) is 25.3 Å². The molecule has 2 aromatic rings. The van der Waals surface area contributed by atoms with Crippen LogP contribution in [0.3, 0.4) is 0 Å². The summed E-state index contributed by atoms with van der Waals surface area (Å²) in [6, 6.07) is 3.39. The minimum absolute atomic E-state index is 0.258. The molecule has 108 valence electrons. The van der Waals surface area contributed by atoms with Gasteiger partial charge in [-0.1, -0.05) is 0 Å². The van der Waals surface area contributed by atoms with Gasteiger partial charge in [0.2, 0.25) is 10.0 Å². The number of hydrogen-bond acceptors (Lipinski definition) is 5. The van der Waals surface area contributed by atoms with Crippen molar-refractivity contribution in [2.75, 3.05) is 5.32 Å². The lowest BCUT2D eigenvalue weighted by Gasteiger charge is -2.06. The SMILES string of the molecule is Cc1nc(CNc2cc(F)cc(S(N)(=O)=O)c2)sc1C. The molecule has 0 fully saturated rings. The lowest BCUT2D eigenvalue weighted by molar-refractivity contribution is 0.592. The Morgan fingerprint density at radius 3 is 2.60 bits per heavy atom. The number of nitrogens with zero attached hydrogens (tertiary/aromatic N) is 1. The molecular formula is C12H14FN3O2S2. The highest BCUT2D eigenvalue weighted by Crippen LogP contribution is 2.20. The van der Waals surface area contributed by atoms with E-state index in [0.29, 0.717) is 12.2 Å². The summed E-state index contributed by atoms with van der Waals surface area (Å²) in [5, 5.41) is 8.78. The van der Waals surface area contributed by atoms with Crippen LogP contribution in [-0.2, 0) is 16.6 Å². The van der Waals surface area contributed by atoms with Crippen molar-refractivity contribution < 1.29 is 12.8 Å². The first-order chi connectivity index (χ1) is 9.25. The molecular weight excluding hydrogens is 301 g/mol. The second-order valence-electron chi connectivity index (χ2n) is 4.32. The van der Waals surface area contributed by atoms with Gasteiger partial charge in [-0.3, -0.25) is 0 Å². The number of thiazole rings is 1. The van der Waals surface area contributed by atoms with Crippen LogP contribution in [0.25, 0.3) is 0 Å². The quantitative estimate of drug-likeness (QED) is 0.905. The Hall–Kier alpha value is -1.51. The molecule has 0 saturated heterocycles. The third-order valence-corrected chi connectivity index (χ3v) is 4.68. The molecule has 1 aromatic heterocycles. The predicted octanol–water partition coefficient (Wildman–Crippen LogP) is 2.16. The van der Waals surface area contributed by atoms with Crippen LogP contribution in [0.15, 0.2) is 23.1 Å². The molecule has 0 aliphatic carbocycles. The van der Waals surface area contributed by atoms with E-state index in [1.807, 2.05) is 13.8 Å². The fraction of sp³-hybridized carbons (Fsp3) is 0.250. The number of benzene rings is 1. The van der Waals surface area contributed by atoms with Gasteiger partial charge in [-0.15, -0.1) is 11.3 Å². The molecule has 0 unspecified atom stereocenters. The summed E-state index contributed by atoms with van der Waals surface area (Å²) in [5.74, 6) is -0.662. The van der Waals surface area contributed by atoms with Gasteiger partial charge in [0.1, 0.15) is 10.8 Å². The monoisotopic (exact) mass is 315 g/mol. The summed E-state index contributed by atoms with van der Waals surface area (Å²) < 4.78 is 35.8. The van der Waals surface area contributed by atoms with Crippen molar-refractivity contribution in [2.24, 2.45) is 5.14 Å². The lowest BCUT2D eigenvalue weighted by atomic mass is 10.3. The lowest BCUT2D eigenvalue weighted by Crippen LogP contribution is -2.13. The van der Waals surface area contributed by atoms with Crippen LogP contribution in [0.5, 0.6) is 0 Å². The van der Waals surface area contributed by atoms with Crippen molar-refractivity contribution in [3.05, 3.63) is 39.6 Å². The Balaban J connectivity index is 2.19. The molecule has 0 amide bonds. The van der Waals surface area contributed by atoms with Gasteiger partial charge in [-0.05, 0) is 32.0 Å². The molecule has 8 heteroatoms. The third kappa shape index (κ3) is 3.53. The van der Waals surface area contributed by atoms with Crippen molar-refractivity contribution in [3.8, 4) is 0 Å². The van der Waals surface area contributed by atoms with Crippen LogP contribution in [0.2, 0.25) is 0 Å². The number of anilines is 1. The van der Waals surface area contributed by atoms with Crippen molar-refractivity contribution in [3.63, 3.8) is 0 Å². The standard InChI is InChI=1S/C12H14FN3O2S2/c1-7-8(2)19-12(16-7)6-15-10-3-9(13)4-11(5-10)20(14,17)18/h3-5,15H,6H2,1-2H3,(H2,14,17,18). The van der Waals surface area contributed by atoms with Crippen LogP contribution in [-0.4, -0.2) is 13.4 Å². The molecule has 5 nitrogen and oxygen atoms in total. The molecule has 20 heavy (non-hydrogen) atoms. The minimum Gasteiger partial charge on any atom is -0.378 e. The average Bonchev–Trinajstić information content (AvgIpc) is 2.65. The van der Waals surface area contributed by atoms with Crippen LogP contribution in [0.4, 0.5) is 10.1 Å². The van der Waals surface area contributed by atoms with E-state index < -0.39 is 15.8 Å². The summed E-state index contributed by atoms with van der Waals surface area (Å²) in [4.78, 5) is 5.20. The van der Waals surface area contributed by atoms with Gasteiger partial charge in [0.25, 0.3) is 0 Å². The van der Waals surface area contributed by atoms with Gasteiger partial charge in [-0.2, -0.15) is 0 Å². The van der Waals surface area contributed by atoms with Gasteiger partial charge < -0.3 is 5.32 Å². The van der Waals surface area contributed by atoms with E-state index >= 15 is 0 Å². The fourth-order valence-corrected chi connectivity index (χ4v) is 3.06. The highest BCUT2D eigenvalue weighted by molar-refractivity contribution is 7.89. The van der Waals surface area contributed by atoms with E-state index in [1.54, 1.807) is 0 Å². The number of halogens is 1. The summed E-state index contributed by atoms with van der Waals surface area (Å²) in [6.45, 7) is 4.28.